The zero-order valence-corrected chi connectivity index (χ0v) is 24.6. The predicted octanol–water partition coefficient (Wildman–Crippen LogP) is 8.06. The first-order valence-electron chi connectivity index (χ1n) is 14.5. The lowest BCUT2D eigenvalue weighted by molar-refractivity contribution is 0.527. The van der Waals surface area contributed by atoms with Gasteiger partial charge in [0.25, 0.3) is 0 Å². The summed E-state index contributed by atoms with van der Waals surface area (Å²) in [5.74, 6) is 1.59. The topological polar surface area (TPSA) is 146 Å². The van der Waals surface area contributed by atoms with Crippen LogP contribution in [-0.4, -0.2) is 34.9 Å². The quantitative estimate of drug-likeness (QED) is 0.158. The normalized spacial score (nSPS) is 11.1. The van der Waals surface area contributed by atoms with Gasteiger partial charge in [-0.2, -0.15) is 15.0 Å². The third-order valence-electron chi connectivity index (χ3n) is 7.04. The van der Waals surface area contributed by atoms with Crippen LogP contribution in [0.1, 0.15) is 0 Å². The van der Waals surface area contributed by atoms with Crippen LogP contribution in [0.15, 0.2) is 129 Å². The Hall–Kier alpha value is -6.96. The van der Waals surface area contributed by atoms with Gasteiger partial charge in [0.15, 0.2) is 28.7 Å². The summed E-state index contributed by atoms with van der Waals surface area (Å²) in [6, 6.07) is 26.0. The van der Waals surface area contributed by atoms with E-state index in [1.54, 1.807) is 71.9 Å². The highest BCUT2D eigenvalue weighted by Crippen LogP contribution is 2.36. The van der Waals surface area contributed by atoms with E-state index in [1.165, 1.54) is 24.3 Å². The Labute approximate surface area is 269 Å². The molecule has 0 bridgehead atoms. The molecule has 0 unspecified atom stereocenters. The van der Waals surface area contributed by atoms with Crippen molar-refractivity contribution in [2.45, 2.75) is 0 Å². The van der Waals surface area contributed by atoms with Crippen LogP contribution < -0.4 is 10.6 Å². The van der Waals surface area contributed by atoms with Crippen LogP contribution in [-0.2, 0) is 0 Å². The average molecular weight is 642 g/mol. The molecular weight excluding hydrogens is 620 g/mol. The number of aromatic nitrogens is 7. The molecule has 0 aliphatic carbocycles. The van der Waals surface area contributed by atoms with Crippen LogP contribution in [0.25, 0.3) is 51.6 Å². The lowest BCUT2D eigenvalue weighted by atomic mass is 10.2. The predicted molar refractivity (Wildman–Crippen MR) is 170 cm³/mol. The molecule has 0 atom stereocenters. The molecule has 8 rings (SSSR count). The smallest absolute Gasteiger partial charge is 0.232 e. The summed E-state index contributed by atoms with van der Waals surface area (Å²) in [5, 5.41) is 14.7. The first-order valence-corrected chi connectivity index (χ1v) is 14.5. The average Bonchev–Trinajstić information content (AvgIpc) is 3.94. The molecule has 5 heterocycles. The minimum atomic E-state index is -0.380. The fourth-order valence-electron chi connectivity index (χ4n) is 4.80. The summed E-state index contributed by atoms with van der Waals surface area (Å²) in [6.45, 7) is 0. The van der Waals surface area contributed by atoms with Crippen molar-refractivity contribution < 1.29 is 22.0 Å². The van der Waals surface area contributed by atoms with E-state index in [9.17, 15) is 8.78 Å². The summed E-state index contributed by atoms with van der Waals surface area (Å²) in [7, 11) is 0. The molecular formula is C34H21F2N9O3. The molecule has 0 aliphatic rings. The Balaban J connectivity index is 1.12. The zero-order valence-electron chi connectivity index (χ0n) is 24.6. The van der Waals surface area contributed by atoms with E-state index in [0.29, 0.717) is 57.2 Å². The van der Waals surface area contributed by atoms with Gasteiger partial charge >= 0.3 is 0 Å². The van der Waals surface area contributed by atoms with Gasteiger partial charge in [0.05, 0.1) is 24.4 Å². The van der Waals surface area contributed by atoms with Crippen LogP contribution >= 0.6 is 0 Å². The molecule has 2 N–H and O–H groups in total. The van der Waals surface area contributed by atoms with Crippen molar-refractivity contribution in [2.24, 2.45) is 0 Å². The number of nitrogens with zero attached hydrogens (tertiary/aromatic N) is 7. The van der Waals surface area contributed by atoms with E-state index < -0.39 is 0 Å². The highest BCUT2D eigenvalue weighted by molar-refractivity contribution is 5.74. The van der Waals surface area contributed by atoms with Gasteiger partial charge < -0.3 is 23.9 Å². The lowest BCUT2D eigenvalue weighted by Crippen LogP contribution is -2.05. The summed E-state index contributed by atoms with van der Waals surface area (Å²) in [6.07, 6.45) is 4.78. The number of hydrogen-bond donors (Lipinski definition) is 2. The highest BCUT2D eigenvalue weighted by Gasteiger charge is 2.22. The van der Waals surface area contributed by atoms with Crippen molar-refractivity contribution in [2.75, 3.05) is 10.6 Å². The molecule has 14 heteroatoms. The van der Waals surface area contributed by atoms with Gasteiger partial charge in [-0.1, -0.05) is 11.3 Å². The maximum Gasteiger partial charge on any atom is 0.232 e. The van der Waals surface area contributed by atoms with E-state index in [0.717, 1.165) is 0 Å². The number of furan rings is 2. The van der Waals surface area contributed by atoms with Crippen molar-refractivity contribution in [1.29, 1.82) is 0 Å². The molecule has 0 spiro atoms. The fourth-order valence-corrected chi connectivity index (χ4v) is 4.80. The summed E-state index contributed by atoms with van der Waals surface area (Å²) < 4.78 is 45.9. The lowest BCUT2D eigenvalue weighted by Gasteiger charge is -2.09. The Morgan fingerprint density at radius 2 is 1.29 bits per heavy atom. The molecule has 8 aromatic rings. The molecule has 48 heavy (non-hydrogen) atoms. The van der Waals surface area contributed by atoms with E-state index in [4.69, 9.17) is 18.2 Å². The van der Waals surface area contributed by atoms with Crippen LogP contribution in [0, 0.1) is 11.6 Å². The maximum absolute atomic E-state index is 13.5. The van der Waals surface area contributed by atoms with Gasteiger partial charge in [-0.15, -0.1) is 5.10 Å². The standard InChI is InChI=1S/C34H21F2N9O3/c35-21-8-12-23(13-9-21)37-33-40-31(41-34(42-33)38-24-14-10-22(36)11-15-24)26-19-45(44-43-26)25-5-1-4-20(18-25)32-39-29(27-6-2-16-46-27)30(48-32)28-7-3-17-47-28/h1-19H,(H2,37,38,40,41,42). The minimum Gasteiger partial charge on any atom is -0.463 e. The second-order valence-corrected chi connectivity index (χ2v) is 10.3. The van der Waals surface area contributed by atoms with Crippen molar-refractivity contribution >= 4 is 23.3 Å². The van der Waals surface area contributed by atoms with Crippen LogP contribution in [0.4, 0.5) is 32.1 Å². The second-order valence-electron chi connectivity index (χ2n) is 10.3. The van der Waals surface area contributed by atoms with Crippen LogP contribution in [0.3, 0.4) is 0 Å². The number of hydrogen-bond acceptors (Lipinski definition) is 11. The first kappa shape index (κ1) is 28.5. The Morgan fingerprint density at radius 1 is 0.646 bits per heavy atom. The van der Waals surface area contributed by atoms with Gasteiger partial charge in [0.1, 0.15) is 11.6 Å². The molecule has 0 fully saturated rings. The summed E-state index contributed by atoms with van der Waals surface area (Å²) in [5.41, 5.74) is 3.28. The number of anilines is 4. The number of halogens is 2. The van der Waals surface area contributed by atoms with Crippen molar-refractivity contribution in [3.63, 3.8) is 0 Å². The first-order chi connectivity index (χ1) is 23.5. The van der Waals surface area contributed by atoms with E-state index >= 15 is 0 Å². The largest absolute Gasteiger partial charge is 0.463 e. The number of rotatable bonds is 9. The zero-order chi connectivity index (χ0) is 32.5. The molecule has 12 nitrogen and oxygen atoms in total. The van der Waals surface area contributed by atoms with Crippen molar-refractivity contribution in [3.05, 3.63) is 127 Å². The van der Waals surface area contributed by atoms with Gasteiger partial charge in [0, 0.05) is 16.9 Å². The molecule has 0 saturated carbocycles. The van der Waals surface area contributed by atoms with Gasteiger partial charge in [-0.3, -0.25) is 0 Å². The SMILES string of the molecule is Fc1ccc(Nc2nc(Nc3ccc(F)cc3)nc(-c3cn(-c4cccc(-c5nc(-c6ccco6)c(-c6ccco6)o5)c4)nn3)n2)cc1. The minimum absolute atomic E-state index is 0.163. The maximum atomic E-state index is 13.5. The second kappa shape index (κ2) is 12.1. The molecule has 0 saturated heterocycles. The molecule has 5 aromatic heterocycles. The van der Waals surface area contributed by atoms with Crippen molar-refractivity contribution in [1.82, 2.24) is 34.9 Å². The van der Waals surface area contributed by atoms with Crippen LogP contribution in [0.5, 0.6) is 0 Å². The van der Waals surface area contributed by atoms with Gasteiger partial charge in [0.2, 0.25) is 23.5 Å². The Bertz CT molecular complexity index is 2200. The number of nitrogens with one attached hydrogen (secondary N) is 2. The Morgan fingerprint density at radius 3 is 1.92 bits per heavy atom. The molecule has 0 amide bonds. The third kappa shape index (κ3) is 5.88. The fraction of sp³-hybridized carbons (Fsp3) is 0. The molecule has 0 aliphatic heterocycles. The van der Waals surface area contributed by atoms with Crippen LogP contribution in [0.2, 0.25) is 0 Å². The molecule has 0 radical (unpaired) electrons. The third-order valence-corrected chi connectivity index (χ3v) is 7.04. The summed E-state index contributed by atoms with van der Waals surface area (Å²) >= 11 is 0. The number of benzene rings is 3. The van der Waals surface area contributed by atoms with E-state index in [2.05, 4.69) is 35.9 Å². The molecule has 3 aromatic carbocycles. The van der Waals surface area contributed by atoms with E-state index in [-0.39, 0.29) is 29.4 Å². The van der Waals surface area contributed by atoms with Gasteiger partial charge in [-0.05, 0) is 91.0 Å². The molecule has 234 valence electrons. The van der Waals surface area contributed by atoms with Gasteiger partial charge in [-0.25, -0.2) is 18.4 Å². The number of oxazole rings is 1. The Kier molecular flexibility index (Phi) is 7.18. The van der Waals surface area contributed by atoms with Crippen molar-refractivity contribution in [3.8, 4) is 51.6 Å². The van der Waals surface area contributed by atoms with E-state index in [1.807, 2.05) is 24.3 Å². The monoisotopic (exact) mass is 641 g/mol. The highest BCUT2D eigenvalue weighted by atomic mass is 19.1. The summed E-state index contributed by atoms with van der Waals surface area (Å²) in [4.78, 5) is 18.2.